The first kappa shape index (κ1) is 16.3. The lowest BCUT2D eigenvalue weighted by Crippen LogP contribution is -2.38. The van der Waals surface area contributed by atoms with Crippen LogP contribution in [0.4, 0.5) is 5.69 Å². The van der Waals surface area contributed by atoms with Crippen molar-refractivity contribution in [2.24, 2.45) is 0 Å². The average Bonchev–Trinajstić information content (AvgIpc) is 2.90. The van der Waals surface area contributed by atoms with E-state index in [4.69, 9.17) is 16.3 Å². The summed E-state index contributed by atoms with van der Waals surface area (Å²) in [4.78, 5) is 26.2. The number of phenols is 1. The topological polar surface area (TPSA) is 66.8 Å². The van der Waals surface area contributed by atoms with Crippen LogP contribution in [0, 0.1) is 0 Å². The molecule has 1 aliphatic heterocycles. The molecule has 2 aromatic rings. The van der Waals surface area contributed by atoms with Gasteiger partial charge in [-0.25, -0.2) is 4.79 Å². The van der Waals surface area contributed by atoms with Crippen molar-refractivity contribution in [3.8, 4) is 5.75 Å². The van der Waals surface area contributed by atoms with Gasteiger partial charge in [0.25, 0.3) is 5.91 Å². The van der Waals surface area contributed by atoms with E-state index < -0.39 is 12.6 Å². The molecule has 1 atom stereocenters. The summed E-state index contributed by atoms with van der Waals surface area (Å²) < 4.78 is 5.05. The molecule has 5 nitrogen and oxygen atoms in total. The largest absolute Gasteiger partial charge is 0.507 e. The summed E-state index contributed by atoms with van der Waals surface area (Å²) in [6.07, 6.45) is 0.769. The van der Waals surface area contributed by atoms with E-state index in [1.165, 1.54) is 18.2 Å². The van der Waals surface area contributed by atoms with Crippen LogP contribution in [0.25, 0.3) is 0 Å². The van der Waals surface area contributed by atoms with Crippen LogP contribution in [0.15, 0.2) is 42.5 Å². The maximum Gasteiger partial charge on any atom is 0.342 e. The molecule has 6 heteroatoms. The van der Waals surface area contributed by atoms with Gasteiger partial charge in [-0.05, 0) is 43.2 Å². The summed E-state index contributed by atoms with van der Waals surface area (Å²) in [5.74, 6) is -1.33. The monoisotopic (exact) mass is 345 g/mol. The highest BCUT2D eigenvalue weighted by atomic mass is 35.5. The maximum atomic E-state index is 12.5. The van der Waals surface area contributed by atoms with Crippen LogP contribution >= 0.6 is 11.6 Å². The lowest BCUT2D eigenvalue weighted by Gasteiger charge is -2.22. The number of carbonyl (C=O) groups excluding carboxylic acids is 2. The number of amides is 1. The van der Waals surface area contributed by atoms with Crippen LogP contribution in [0.2, 0.25) is 5.02 Å². The number of rotatable bonds is 3. The number of carbonyl (C=O) groups is 2. The van der Waals surface area contributed by atoms with E-state index >= 15 is 0 Å². The molecular formula is C18H16ClNO4. The van der Waals surface area contributed by atoms with Gasteiger partial charge in [0.15, 0.2) is 6.61 Å². The Balaban J connectivity index is 1.70. The first-order valence-electron chi connectivity index (χ1n) is 7.53. The number of nitrogens with zero attached hydrogens (tertiary/aromatic N) is 1. The highest BCUT2D eigenvalue weighted by Gasteiger charge is 2.31. The lowest BCUT2D eigenvalue weighted by molar-refractivity contribution is -0.122. The molecule has 0 radical (unpaired) electrons. The Morgan fingerprint density at radius 3 is 2.83 bits per heavy atom. The highest BCUT2D eigenvalue weighted by Crippen LogP contribution is 2.31. The Morgan fingerprint density at radius 2 is 2.04 bits per heavy atom. The molecule has 2 aromatic carbocycles. The van der Waals surface area contributed by atoms with Crippen molar-refractivity contribution in [2.75, 3.05) is 11.5 Å². The molecule has 3 rings (SSSR count). The van der Waals surface area contributed by atoms with Gasteiger partial charge < -0.3 is 14.7 Å². The number of phenolic OH excluding ortho intramolecular Hbond substituents is 1. The van der Waals surface area contributed by atoms with E-state index in [1.54, 1.807) is 4.90 Å². The molecule has 0 saturated heterocycles. The SMILES string of the molecule is C[C@H]1Cc2ccccc2N1C(=O)COC(=O)c1cc(Cl)ccc1O. The quantitative estimate of drug-likeness (QED) is 0.868. The van der Waals surface area contributed by atoms with Crippen molar-refractivity contribution in [2.45, 2.75) is 19.4 Å². The smallest absolute Gasteiger partial charge is 0.342 e. The van der Waals surface area contributed by atoms with Crippen molar-refractivity contribution in [1.82, 2.24) is 0 Å². The number of fused-ring (bicyclic) bond motifs is 1. The molecule has 0 unspecified atom stereocenters. The van der Waals surface area contributed by atoms with Gasteiger partial charge in [-0.1, -0.05) is 29.8 Å². The summed E-state index contributed by atoms with van der Waals surface area (Å²) in [5, 5.41) is 10.00. The number of para-hydroxylation sites is 1. The van der Waals surface area contributed by atoms with E-state index in [1.807, 2.05) is 31.2 Å². The molecule has 1 amide bonds. The van der Waals surface area contributed by atoms with Crippen LogP contribution in [-0.4, -0.2) is 29.6 Å². The van der Waals surface area contributed by atoms with Gasteiger partial charge in [0.1, 0.15) is 11.3 Å². The molecule has 0 spiro atoms. The van der Waals surface area contributed by atoms with Crippen molar-refractivity contribution < 1.29 is 19.4 Å². The van der Waals surface area contributed by atoms with E-state index in [9.17, 15) is 14.7 Å². The van der Waals surface area contributed by atoms with Gasteiger partial charge in [0.2, 0.25) is 0 Å². The Labute approximate surface area is 144 Å². The van der Waals surface area contributed by atoms with Gasteiger partial charge in [-0.3, -0.25) is 4.79 Å². The fourth-order valence-electron chi connectivity index (χ4n) is 2.89. The predicted molar refractivity (Wildman–Crippen MR) is 90.5 cm³/mol. The van der Waals surface area contributed by atoms with Crippen molar-refractivity contribution in [1.29, 1.82) is 0 Å². The van der Waals surface area contributed by atoms with Crippen LogP contribution in [0.3, 0.4) is 0 Å². The van der Waals surface area contributed by atoms with E-state index in [2.05, 4.69) is 0 Å². The fourth-order valence-corrected chi connectivity index (χ4v) is 3.06. The minimum absolute atomic E-state index is 0.00757. The second-order valence-corrected chi connectivity index (χ2v) is 6.12. The van der Waals surface area contributed by atoms with Gasteiger partial charge in [0, 0.05) is 16.8 Å². The third kappa shape index (κ3) is 3.08. The zero-order chi connectivity index (χ0) is 17.3. The van der Waals surface area contributed by atoms with E-state index in [0.29, 0.717) is 5.02 Å². The number of hydrogen-bond donors (Lipinski definition) is 1. The first-order chi connectivity index (χ1) is 11.5. The van der Waals surface area contributed by atoms with Crippen LogP contribution < -0.4 is 4.90 Å². The third-order valence-corrected chi connectivity index (χ3v) is 4.22. The third-order valence-electron chi connectivity index (χ3n) is 3.98. The maximum absolute atomic E-state index is 12.5. The Bertz CT molecular complexity index is 805. The van der Waals surface area contributed by atoms with Gasteiger partial charge in [-0.2, -0.15) is 0 Å². The molecule has 1 aliphatic rings. The molecule has 0 saturated carbocycles. The standard InChI is InChI=1S/C18H16ClNO4/c1-11-8-12-4-2-3-5-15(12)20(11)17(22)10-24-18(23)14-9-13(19)6-7-16(14)21/h2-7,9,11,21H,8,10H2,1H3/t11-/m0/s1. The van der Waals surface area contributed by atoms with E-state index in [-0.39, 0.29) is 23.3 Å². The highest BCUT2D eigenvalue weighted by molar-refractivity contribution is 6.31. The average molecular weight is 346 g/mol. The minimum Gasteiger partial charge on any atom is -0.507 e. The van der Waals surface area contributed by atoms with Crippen molar-refractivity contribution in [3.05, 3.63) is 58.6 Å². The number of halogens is 1. The van der Waals surface area contributed by atoms with Crippen LogP contribution in [0.1, 0.15) is 22.8 Å². The number of esters is 1. The second kappa shape index (κ2) is 6.53. The van der Waals surface area contributed by atoms with Gasteiger partial charge in [0.05, 0.1) is 0 Å². The predicted octanol–water partition coefficient (Wildman–Crippen LogP) is 3.18. The van der Waals surface area contributed by atoms with Crippen molar-refractivity contribution in [3.63, 3.8) is 0 Å². The molecule has 24 heavy (non-hydrogen) atoms. The number of aromatic hydroxyl groups is 1. The number of benzene rings is 2. The van der Waals surface area contributed by atoms with Gasteiger partial charge >= 0.3 is 5.97 Å². The van der Waals surface area contributed by atoms with Gasteiger partial charge in [-0.15, -0.1) is 0 Å². The molecule has 0 aromatic heterocycles. The second-order valence-electron chi connectivity index (χ2n) is 5.68. The zero-order valence-electron chi connectivity index (χ0n) is 13.0. The summed E-state index contributed by atoms with van der Waals surface area (Å²) in [6, 6.07) is 11.7. The minimum atomic E-state index is -0.788. The van der Waals surface area contributed by atoms with Crippen LogP contribution in [-0.2, 0) is 16.0 Å². The molecule has 0 aliphatic carbocycles. The Hall–Kier alpha value is -2.53. The Morgan fingerprint density at radius 1 is 1.29 bits per heavy atom. The fraction of sp³-hybridized carbons (Fsp3) is 0.222. The summed E-state index contributed by atoms with van der Waals surface area (Å²) in [6.45, 7) is 1.55. The molecule has 1 heterocycles. The molecule has 0 fully saturated rings. The number of ether oxygens (including phenoxy) is 1. The molecular weight excluding hydrogens is 330 g/mol. The number of anilines is 1. The van der Waals surface area contributed by atoms with Crippen molar-refractivity contribution >= 4 is 29.2 Å². The van der Waals surface area contributed by atoms with Crippen LogP contribution in [0.5, 0.6) is 5.75 Å². The molecule has 0 bridgehead atoms. The first-order valence-corrected chi connectivity index (χ1v) is 7.91. The van der Waals surface area contributed by atoms with E-state index in [0.717, 1.165) is 17.7 Å². The molecule has 1 N–H and O–H groups in total. The number of hydrogen-bond acceptors (Lipinski definition) is 4. The zero-order valence-corrected chi connectivity index (χ0v) is 13.8. The Kier molecular flexibility index (Phi) is 4.44. The summed E-state index contributed by atoms with van der Waals surface area (Å²) >= 11 is 5.81. The normalized spacial score (nSPS) is 15.9. The molecule has 124 valence electrons. The summed E-state index contributed by atoms with van der Waals surface area (Å²) in [5.41, 5.74) is 1.87. The lowest BCUT2D eigenvalue weighted by atomic mass is 10.1. The summed E-state index contributed by atoms with van der Waals surface area (Å²) in [7, 11) is 0.